The molecule has 0 aliphatic heterocycles. The molecule has 2 aromatic carbocycles. The second-order valence-electron chi connectivity index (χ2n) is 4.95. The molecule has 0 saturated carbocycles. The van der Waals surface area contributed by atoms with Crippen LogP contribution in [0.1, 0.15) is 18.1 Å². The minimum absolute atomic E-state index is 0.106. The number of thioether (sulfide) groups is 1. The van der Waals surface area contributed by atoms with Crippen LogP contribution in [-0.4, -0.2) is 24.5 Å². The second-order valence-corrected chi connectivity index (χ2v) is 6.28. The van der Waals surface area contributed by atoms with E-state index >= 15 is 0 Å². The van der Waals surface area contributed by atoms with Gasteiger partial charge in [-0.05, 0) is 30.2 Å². The van der Waals surface area contributed by atoms with E-state index in [-0.39, 0.29) is 11.2 Å². The number of methoxy groups -OCH3 is 1. The molecule has 1 unspecified atom stereocenters. The zero-order valence-corrected chi connectivity index (χ0v) is 14.0. The van der Waals surface area contributed by atoms with Crippen molar-refractivity contribution in [3.63, 3.8) is 0 Å². The van der Waals surface area contributed by atoms with Crippen LogP contribution in [-0.2, 0) is 10.5 Å². The number of carbonyl (C=O) groups is 1. The van der Waals surface area contributed by atoms with Crippen LogP contribution < -0.4 is 10.2 Å². The van der Waals surface area contributed by atoms with Gasteiger partial charge >= 0.3 is 0 Å². The number of hydrogen-bond donors (Lipinski definition) is 1. The van der Waals surface area contributed by atoms with Crippen molar-refractivity contribution in [2.45, 2.75) is 17.9 Å². The number of amides is 1. The van der Waals surface area contributed by atoms with Crippen molar-refractivity contribution >= 4 is 23.9 Å². The number of nitrogens with one attached hydrogen (secondary N) is 1. The topological polar surface area (TPSA) is 50.7 Å². The zero-order valence-electron chi connectivity index (χ0n) is 13.2. The van der Waals surface area contributed by atoms with Crippen LogP contribution in [0, 0.1) is 0 Å². The Hall–Kier alpha value is -2.27. The highest BCUT2D eigenvalue weighted by Crippen LogP contribution is 2.17. The van der Waals surface area contributed by atoms with Gasteiger partial charge in [-0.1, -0.05) is 42.5 Å². The summed E-state index contributed by atoms with van der Waals surface area (Å²) in [5.41, 5.74) is 4.65. The fraction of sp³-hybridized carbons (Fsp3) is 0.222. The summed E-state index contributed by atoms with van der Waals surface area (Å²) in [5.74, 6) is 1.45. The summed E-state index contributed by atoms with van der Waals surface area (Å²) in [6, 6.07) is 17.6. The van der Waals surface area contributed by atoms with Gasteiger partial charge in [0.2, 0.25) is 0 Å². The number of hydrogen-bond acceptors (Lipinski definition) is 4. The third-order valence-corrected chi connectivity index (χ3v) is 4.41. The Morgan fingerprint density at radius 1 is 1.26 bits per heavy atom. The molecule has 2 aromatic rings. The normalized spacial score (nSPS) is 12.1. The molecule has 1 atom stereocenters. The maximum absolute atomic E-state index is 12.0. The van der Waals surface area contributed by atoms with Crippen molar-refractivity contribution in [1.29, 1.82) is 0 Å². The highest BCUT2D eigenvalue weighted by molar-refractivity contribution is 7.99. The lowest BCUT2D eigenvalue weighted by Crippen LogP contribution is -2.26. The fourth-order valence-electron chi connectivity index (χ4n) is 1.85. The summed E-state index contributed by atoms with van der Waals surface area (Å²) in [7, 11) is 1.61. The van der Waals surface area contributed by atoms with Gasteiger partial charge in [-0.25, -0.2) is 5.43 Å². The van der Waals surface area contributed by atoms with Crippen LogP contribution in [0.5, 0.6) is 5.75 Å². The van der Waals surface area contributed by atoms with Gasteiger partial charge in [0.05, 0.1) is 18.6 Å². The van der Waals surface area contributed by atoms with Crippen LogP contribution in [0.3, 0.4) is 0 Å². The number of carbonyl (C=O) groups excluding carboxylic acids is 1. The summed E-state index contributed by atoms with van der Waals surface area (Å²) in [6.07, 6.45) is 1.61. The minimum Gasteiger partial charge on any atom is -0.497 e. The monoisotopic (exact) mass is 328 g/mol. The maximum atomic E-state index is 12.0. The Morgan fingerprint density at radius 3 is 2.78 bits per heavy atom. The van der Waals surface area contributed by atoms with Crippen LogP contribution in [0.15, 0.2) is 59.7 Å². The molecule has 1 amide bonds. The molecule has 0 aliphatic carbocycles. The van der Waals surface area contributed by atoms with Crippen molar-refractivity contribution in [3.05, 3.63) is 65.7 Å². The van der Waals surface area contributed by atoms with E-state index in [0.717, 1.165) is 17.1 Å². The first-order chi connectivity index (χ1) is 11.2. The molecule has 0 fully saturated rings. The molecule has 120 valence electrons. The van der Waals surface area contributed by atoms with Gasteiger partial charge in [0.15, 0.2) is 0 Å². The van der Waals surface area contributed by atoms with Gasteiger partial charge in [-0.15, -0.1) is 11.8 Å². The summed E-state index contributed by atoms with van der Waals surface area (Å²) in [4.78, 5) is 12.0. The van der Waals surface area contributed by atoms with Crippen LogP contribution in [0.25, 0.3) is 0 Å². The predicted octanol–water partition coefficient (Wildman–Crippen LogP) is 3.47. The number of ether oxygens (including phenoxy) is 1. The third-order valence-electron chi connectivity index (χ3n) is 3.19. The SMILES string of the molecule is COc1cccc(/C=N/NC(=O)C(C)SCc2ccccc2)c1. The van der Waals surface area contributed by atoms with Crippen molar-refractivity contribution in [3.8, 4) is 5.75 Å². The molecule has 5 heteroatoms. The lowest BCUT2D eigenvalue weighted by atomic mass is 10.2. The van der Waals surface area contributed by atoms with E-state index in [4.69, 9.17) is 4.74 Å². The average molecular weight is 328 g/mol. The largest absolute Gasteiger partial charge is 0.497 e. The first-order valence-electron chi connectivity index (χ1n) is 7.31. The number of nitrogens with zero attached hydrogens (tertiary/aromatic N) is 1. The third kappa shape index (κ3) is 5.79. The van der Waals surface area contributed by atoms with E-state index in [9.17, 15) is 4.79 Å². The van der Waals surface area contributed by atoms with Crippen LogP contribution >= 0.6 is 11.8 Å². The Bertz CT molecular complexity index is 659. The van der Waals surface area contributed by atoms with Crippen molar-refractivity contribution in [2.24, 2.45) is 5.10 Å². The molecule has 4 nitrogen and oxygen atoms in total. The molecule has 0 spiro atoms. The standard InChI is InChI=1S/C18H20N2O2S/c1-14(23-13-15-7-4-3-5-8-15)18(21)20-19-12-16-9-6-10-17(11-16)22-2/h3-12,14H,13H2,1-2H3,(H,20,21)/b19-12+. The fourth-order valence-corrected chi connectivity index (χ4v) is 2.69. The average Bonchev–Trinajstić information content (AvgIpc) is 2.60. The molecular formula is C18H20N2O2S. The lowest BCUT2D eigenvalue weighted by molar-refractivity contribution is -0.120. The molecule has 0 saturated heterocycles. The van der Waals surface area contributed by atoms with E-state index in [2.05, 4.69) is 22.7 Å². The molecule has 1 N–H and O–H groups in total. The van der Waals surface area contributed by atoms with Crippen LogP contribution in [0.4, 0.5) is 0 Å². The van der Waals surface area contributed by atoms with Crippen molar-refractivity contribution in [2.75, 3.05) is 7.11 Å². The molecule has 2 rings (SSSR count). The predicted molar refractivity (Wildman–Crippen MR) is 95.9 cm³/mol. The quantitative estimate of drug-likeness (QED) is 0.625. The van der Waals surface area contributed by atoms with E-state index in [1.165, 1.54) is 5.56 Å². The van der Waals surface area contributed by atoms with Gasteiger partial charge in [0, 0.05) is 5.75 Å². The van der Waals surface area contributed by atoms with Gasteiger partial charge in [0.25, 0.3) is 5.91 Å². The molecular weight excluding hydrogens is 308 g/mol. The first-order valence-corrected chi connectivity index (χ1v) is 8.36. The lowest BCUT2D eigenvalue weighted by Gasteiger charge is -2.09. The van der Waals surface area contributed by atoms with Gasteiger partial charge in [0.1, 0.15) is 5.75 Å². The van der Waals surface area contributed by atoms with Gasteiger partial charge in [-0.3, -0.25) is 4.79 Å². The van der Waals surface area contributed by atoms with E-state index in [0.29, 0.717) is 0 Å². The zero-order chi connectivity index (χ0) is 16.5. The molecule has 23 heavy (non-hydrogen) atoms. The number of rotatable bonds is 7. The number of benzene rings is 2. The Labute approximate surface area is 140 Å². The summed E-state index contributed by atoms with van der Waals surface area (Å²) in [6.45, 7) is 1.88. The molecule has 0 aromatic heterocycles. The van der Waals surface area contributed by atoms with Crippen molar-refractivity contribution in [1.82, 2.24) is 5.43 Å². The van der Waals surface area contributed by atoms with Gasteiger partial charge in [-0.2, -0.15) is 5.10 Å². The molecule has 0 heterocycles. The van der Waals surface area contributed by atoms with E-state index in [1.54, 1.807) is 25.1 Å². The minimum atomic E-state index is -0.169. The summed E-state index contributed by atoms with van der Waals surface area (Å²) < 4.78 is 5.14. The first kappa shape index (κ1) is 17.1. The second kappa shape index (κ2) is 9.00. The smallest absolute Gasteiger partial charge is 0.252 e. The molecule has 0 aliphatic rings. The van der Waals surface area contributed by atoms with E-state index in [1.807, 2.05) is 49.4 Å². The Balaban J connectivity index is 1.80. The number of hydrazone groups is 1. The van der Waals surface area contributed by atoms with Crippen LogP contribution in [0.2, 0.25) is 0 Å². The van der Waals surface area contributed by atoms with Gasteiger partial charge < -0.3 is 4.74 Å². The highest BCUT2D eigenvalue weighted by atomic mass is 32.2. The Kier molecular flexibility index (Phi) is 6.69. The van der Waals surface area contributed by atoms with E-state index < -0.39 is 0 Å². The van der Waals surface area contributed by atoms with Crippen molar-refractivity contribution < 1.29 is 9.53 Å². The Morgan fingerprint density at radius 2 is 2.04 bits per heavy atom. The molecule has 0 bridgehead atoms. The maximum Gasteiger partial charge on any atom is 0.252 e. The summed E-state index contributed by atoms with van der Waals surface area (Å²) in [5, 5.41) is 3.83. The molecule has 0 radical (unpaired) electrons. The summed E-state index contributed by atoms with van der Waals surface area (Å²) >= 11 is 1.58. The highest BCUT2D eigenvalue weighted by Gasteiger charge is 2.12.